The van der Waals surface area contributed by atoms with Crippen molar-refractivity contribution in [3.05, 3.63) is 55.2 Å². The summed E-state index contributed by atoms with van der Waals surface area (Å²) in [5, 5.41) is 0. The minimum atomic E-state index is -0.436. The molecule has 0 aromatic carbocycles. The summed E-state index contributed by atoms with van der Waals surface area (Å²) >= 11 is -0.436. The van der Waals surface area contributed by atoms with E-state index >= 15 is 0 Å². The largest absolute Gasteiger partial charge is 1.00 e. The van der Waals surface area contributed by atoms with Crippen molar-refractivity contribution < 1.29 is 48.0 Å². The Balaban J connectivity index is 0.000000980. The van der Waals surface area contributed by atoms with E-state index in [1.807, 2.05) is 6.08 Å². The van der Waals surface area contributed by atoms with Gasteiger partial charge in [-0.25, -0.2) is 0 Å². The van der Waals surface area contributed by atoms with Gasteiger partial charge < -0.3 is 24.8 Å². The summed E-state index contributed by atoms with van der Waals surface area (Å²) in [4.78, 5) is 0. The molecule has 0 bridgehead atoms. The average Bonchev–Trinajstić information content (AvgIpc) is 2.76. The van der Waals surface area contributed by atoms with E-state index in [4.69, 9.17) is 0 Å². The Bertz CT molecular complexity index is 349. The number of allylic oxidation sites excluding steroid dienone is 9. The molecule has 0 aromatic rings. The van der Waals surface area contributed by atoms with Crippen molar-refractivity contribution in [1.82, 2.24) is 0 Å². The Labute approximate surface area is 115 Å². The van der Waals surface area contributed by atoms with E-state index in [0.717, 1.165) is 0 Å². The van der Waals surface area contributed by atoms with E-state index < -0.39 is 23.2 Å². The van der Waals surface area contributed by atoms with Crippen LogP contribution in [0.3, 0.4) is 0 Å². The molecule has 0 radical (unpaired) electrons. The van der Waals surface area contributed by atoms with Gasteiger partial charge in [0.2, 0.25) is 0 Å². The first-order valence-corrected chi connectivity index (χ1v) is 7.01. The molecule has 78 valence electrons. The molecular formula is C12H12Cl2Zr. The first kappa shape index (κ1) is 15.2. The Morgan fingerprint density at radius 2 is 2.00 bits per heavy atom. The fourth-order valence-electron chi connectivity index (χ4n) is 1.57. The minimum Gasteiger partial charge on any atom is -1.00 e. The van der Waals surface area contributed by atoms with Gasteiger partial charge in [-0.3, -0.25) is 0 Å². The SMILES string of the molecule is C=CC1=[C]([Zr+2][C]2=CC=CC2)CC=C1.[Cl-].[Cl-]. The van der Waals surface area contributed by atoms with E-state index in [1.54, 1.807) is 6.56 Å². The van der Waals surface area contributed by atoms with Gasteiger partial charge in [0.15, 0.2) is 0 Å². The van der Waals surface area contributed by atoms with Crippen LogP contribution >= 0.6 is 0 Å². The van der Waals surface area contributed by atoms with Crippen molar-refractivity contribution in [2.45, 2.75) is 12.8 Å². The third kappa shape index (κ3) is 3.91. The van der Waals surface area contributed by atoms with E-state index in [-0.39, 0.29) is 24.8 Å². The first-order chi connectivity index (χ1) is 6.40. The van der Waals surface area contributed by atoms with Crippen LogP contribution in [-0.2, 0) is 23.2 Å². The van der Waals surface area contributed by atoms with Gasteiger partial charge in [0.25, 0.3) is 0 Å². The standard InChI is InChI=1S/C7H7.C5H5.2ClH.Zr/c1-2-7-5-3-4-6-7;1-2-4-5-3-1;;;/h2-3,5H,1,4H2;1-3H,4H2;2*1H;/q;;;;+2/p-2. The summed E-state index contributed by atoms with van der Waals surface area (Å²) in [6.07, 6.45) is 15.6. The zero-order valence-electron chi connectivity index (χ0n) is 8.34. The fourth-order valence-corrected chi connectivity index (χ4v) is 4.86. The fraction of sp³-hybridized carbons (Fsp3) is 0.167. The van der Waals surface area contributed by atoms with Crippen LogP contribution in [0.2, 0.25) is 0 Å². The molecule has 0 nitrogen and oxygen atoms in total. The molecule has 0 spiro atoms. The molecule has 0 saturated heterocycles. The number of rotatable bonds is 3. The molecule has 0 amide bonds. The van der Waals surface area contributed by atoms with Gasteiger partial charge in [-0.05, 0) is 0 Å². The third-order valence-corrected chi connectivity index (χ3v) is 5.92. The van der Waals surface area contributed by atoms with E-state index in [0.29, 0.717) is 0 Å². The molecule has 0 fully saturated rings. The van der Waals surface area contributed by atoms with Crippen LogP contribution in [0.1, 0.15) is 12.8 Å². The van der Waals surface area contributed by atoms with Gasteiger partial charge >= 0.3 is 91.2 Å². The molecule has 0 saturated carbocycles. The second-order valence-electron chi connectivity index (χ2n) is 3.19. The maximum Gasteiger partial charge on any atom is -1.00 e. The molecule has 0 heterocycles. The van der Waals surface area contributed by atoms with Gasteiger partial charge in [-0.15, -0.1) is 0 Å². The summed E-state index contributed by atoms with van der Waals surface area (Å²) in [7, 11) is 0. The topological polar surface area (TPSA) is 0 Å². The molecule has 0 N–H and O–H groups in total. The van der Waals surface area contributed by atoms with Crippen LogP contribution in [0.5, 0.6) is 0 Å². The molecule has 0 atom stereocenters. The average molecular weight is 318 g/mol. The molecule has 2 aliphatic carbocycles. The number of halogens is 2. The number of hydrogen-bond acceptors (Lipinski definition) is 0. The Morgan fingerprint density at radius 1 is 1.20 bits per heavy atom. The van der Waals surface area contributed by atoms with E-state index in [2.05, 4.69) is 37.0 Å². The Kier molecular flexibility index (Phi) is 7.52. The third-order valence-electron chi connectivity index (χ3n) is 2.27. The van der Waals surface area contributed by atoms with Gasteiger partial charge in [0.05, 0.1) is 0 Å². The van der Waals surface area contributed by atoms with Crippen LogP contribution in [-0.4, -0.2) is 0 Å². The summed E-state index contributed by atoms with van der Waals surface area (Å²) in [5.41, 5.74) is 1.40. The quantitative estimate of drug-likeness (QED) is 0.532. The zero-order chi connectivity index (χ0) is 9.10. The predicted molar refractivity (Wildman–Crippen MR) is 52.8 cm³/mol. The minimum absolute atomic E-state index is 0. The van der Waals surface area contributed by atoms with Crippen LogP contribution in [0.15, 0.2) is 55.2 Å². The number of hydrogen-bond donors (Lipinski definition) is 0. The van der Waals surface area contributed by atoms with Crippen molar-refractivity contribution in [3.8, 4) is 0 Å². The van der Waals surface area contributed by atoms with Crippen LogP contribution in [0, 0.1) is 0 Å². The van der Waals surface area contributed by atoms with Crippen molar-refractivity contribution in [2.75, 3.05) is 0 Å². The molecule has 15 heavy (non-hydrogen) atoms. The first-order valence-electron chi connectivity index (χ1n) is 4.55. The van der Waals surface area contributed by atoms with Crippen LogP contribution in [0.25, 0.3) is 0 Å². The monoisotopic (exact) mass is 316 g/mol. The Morgan fingerprint density at radius 3 is 2.60 bits per heavy atom. The molecule has 0 aliphatic heterocycles. The van der Waals surface area contributed by atoms with Crippen LogP contribution < -0.4 is 24.8 Å². The summed E-state index contributed by atoms with van der Waals surface area (Å²) in [5.74, 6) is 0. The van der Waals surface area contributed by atoms with Crippen LogP contribution in [0.4, 0.5) is 0 Å². The molecular weight excluding hydrogens is 306 g/mol. The second kappa shape index (κ2) is 7.44. The maximum absolute atomic E-state index is 3.85. The van der Waals surface area contributed by atoms with Crippen molar-refractivity contribution in [2.24, 2.45) is 0 Å². The molecule has 0 unspecified atom stereocenters. The summed E-state index contributed by atoms with van der Waals surface area (Å²) in [6, 6.07) is 0. The van der Waals surface area contributed by atoms with Gasteiger partial charge in [-0.1, -0.05) is 0 Å². The van der Waals surface area contributed by atoms with Gasteiger partial charge in [0, 0.05) is 0 Å². The normalized spacial score (nSPS) is 16.7. The zero-order valence-corrected chi connectivity index (χ0v) is 12.3. The van der Waals surface area contributed by atoms with E-state index in [1.165, 1.54) is 18.4 Å². The molecule has 0 aromatic heterocycles. The summed E-state index contributed by atoms with van der Waals surface area (Å²) < 4.78 is 3.38. The van der Waals surface area contributed by atoms with Crippen molar-refractivity contribution >= 4 is 0 Å². The van der Waals surface area contributed by atoms with Gasteiger partial charge in [0.1, 0.15) is 0 Å². The predicted octanol–water partition coefficient (Wildman–Crippen LogP) is -2.68. The second-order valence-corrected chi connectivity index (χ2v) is 6.87. The summed E-state index contributed by atoms with van der Waals surface area (Å²) in [6.45, 7) is 3.85. The Hall–Kier alpha value is 0.163. The van der Waals surface area contributed by atoms with Crippen molar-refractivity contribution in [1.29, 1.82) is 0 Å². The van der Waals surface area contributed by atoms with Gasteiger partial charge in [-0.2, -0.15) is 0 Å². The smallest absolute Gasteiger partial charge is 1.00 e. The molecule has 2 rings (SSSR count). The maximum atomic E-state index is 3.85. The molecule has 2 aliphatic rings. The van der Waals surface area contributed by atoms with E-state index in [9.17, 15) is 0 Å². The molecule has 3 heteroatoms. The van der Waals surface area contributed by atoms with Crippen molar-refractivity contribution in [3.63, 3.8) is 0 Å².